The number of carbonyl (C=O) groups is 8. The van der Waals surface area contributed by atoms with Gasteiger partial charge in [0, 0.05) is 88.5 Å². The number of anilines is 1. The van der Waals surface area contributed by atoms with Crippen molar-refractivity contribution < 1.29 is 43.5 Å². The fraction of sp³-hybridized carbons (Fsp3) is 0.536. The first-order chi connectivity index (χ1) is 38.7. The molecule has 7 atom stereocenters. The Morgan fingerprint density at radius 2 is 1.40 bits per heavy atom. The predicted octanol–water partition coefficient (Wildman–Crippen LogP) is 0.363. The van der Waals surface area contributed by atoms with Gasteiger partial charge >= 0.3 is 0 Å². The molecule has 1 aliphatic rings. The predicted molar refractivity (Wildman–Crippen MR) is 307 cm³/mol. The molecule has 1 aliphatic heterocycles. The lowest BCUT2D eigenvalue weighted by molar-refractivity contribution is -0.138. The Labute approximate surface area is 473 Å². The average molecular weight is 1130 g/mol. The van der Waals surface area contributed by atoms with Crippen molar-refractivity contribution in [3.05, 3.63) is 78.5 Å². The van der Waals surface area contributed by atoms with Crippen LogP contribution >= 0.6 is 0 Å². The molecular weight excluding hydrogens is 1040 g/mol. The molecule has 0 bridgehead atoms. The number of likely N-dealkylation sites (N-methyl/N-ethyl adjacent to an activating group) is 1. The number of nitrogens with two attached hydrogens (primary N) is 2. The molecule has 2 aromatic carbocycles. The molecular formula is C56H84N16O9. The number of hydrogen-bond acceptors (Lipinski definition) is 13. The number of aromatic amines is 1. The zero-order valence-electron chi connectivity index (χ0n) is 47.4. The number of phenols is 1. The van der Waals surface area contributed by atoms with E-state index in [4.69, 9.17) is 16.9 Å². The molecule has 0 unspecified atom stereocenters. The molecule has 1 saturated heterocycles. The number of aromatic nitrogens is 3. The van der Waals surface area contributed by atoms with Crippen LogP contribution in [-0.2, 0) is 57.7 Å². The minimum Gasteiger partial charge on any atom is -0.508 e. The Bertz CT molecular complexity index is 2740. The third-order valence-electron chi connectivity index (χ3n) is 14.3. The van der Waals surface area contributed by atoms with Crippen LogP contribution in [0.2, 0.25) is 0 Å². The number of fused-ring (bicyclic) bond motifs is 1. The van der Waals surface area contributed by atoms with E-state index in [0.29, 0.717) is 76.1 Å². The minimum absolute atomic E-state index is 0.000923. The van der Waals surface area contributed by atoms with E-state index in [2.05, 4.69) is 57.4 Å². The summed E-state index contributed by atoms with van der Waals surface area (Å²) in [4.78, 5) is 120. The fourth-order valence-corrected chi connectivity index (χ4v) is 9.64. The lowest BCUT2D eigenvalue weighted by Crippen LogP contribution is -2.59. The third kappa shape index (κ3) is 19.8. The Hall–Kier alpha value is -8.22. The number of unbranched alkanes of at least 4 members (excludes halogenated alkanes) is 1. The average Bonchev–Trinajstić information content (AvgIpc) is 4.15. The van der Waals surface area contributed by atoms with Crippen LogP contribution in [0.1, 0.15) is 90.8 Å². The van der Waals surface area contributed by atoms with Crippen LogP contribution in [0.25, 0.3) is 10.9 Å². The van der Waals surface area contributed by atoms with Crippen LogP contribution in [0.15, 0.2) is 67.3 Å². The molecule has 442 valence electrons. The van der Waals surface area contributed by atoms with Crippen LogP contribution in [-0.4, -0.2) is 160 Å². The summed E-state index contributed by atoms with van der Waals surface area (Å²) in [7, 11) is 1.46. The number of H-pyrrole nitrogens is 1. The summed E-state index contributed by atoms with van der Waals surface area (Å²) in [5.74, 6) is -4.32. The monoisotopic (exact) mass is 1120 g/mol. The van der Waals surface area contributed by atoms with Gasteiger partial charge in [-0.25, -0.2) is 4.98 Å². The molecule has 2 aromatic heterocycles. The number of aromatic hydroxyl groups is 1. The highest BCUT2D eigenvalue weighted by Crippen LogP contribution is 2.25. The summed E-state index contributed by atoms with van der Waals surface area (Å²) < 4.78 is 1.75. The van der Waals surface area contributed by atoms with Crippen molar-refractivity contribution in [2.24, 2.45) is 23.3 Å². The van der Waals surface area contributed by atoms with Gasteiger partial charge in [-0.2, -0.15) is 0 Å². The van der Waals surface area contributed by atoms with Gasteiger partial charge in [-0.1, -0.05) is 46.2 Å². The van der Waals surface area contributed by atoms with Gasteiger partial charge in [0.15, 0.2) is 5.96 Å². The molecule has 25 heteroatoms. The minimum atomic E-state index is -1.32. The Morgan fingerprint density at radius 1 is 0.753 bits per heavy atom. The summed E-state index contributed by atoms with van der Waals surface area (Å²) in [5, 5.41) is 40.6. The number of piperazine rings is 1. The van der Waals surface area contributed by atoms with Crippen LogP contribution in [0.5, 0.6) is 5.75 Å². The SMILES string of the molecule is CC[C@H](C)[C@H](NC(C)=O)C(=O)N[C@@H](CCCCN)C(=O)N1CCN(c2ccc3c(ccn3CC(=O)N[C@@H](CCCNC(=N)N)C(=O)N[C@@H](Cc3c[nH]cn3)C(=O)N[C@@H](Cc3ccc(O)cc3)C(=O)N[C@@H](CC(C)C)C(=O)NC)c2)CC1. The van der Waals surface area contributed by atoms with Gasteiger partial charge in [0.05, 0.1) is 12.0 Å². The van der Waals surface area contributed by atoms with Crippen LogP contribution in [0.3, 0.4) is 0 Å². The van der Waals surface area contributed by atoms with Gasteiger partial charge in [0.1, 0.15) is 48.5 Å². The van der Waals surface area contributed by atoms with Crippen molar-refractivity contribution in [1.29, 1.82) is 5.41 Å². The molecule has 3 heterocycles. The van der Waals surface area contributed by atoms with E-state index in [9.17, 15) is 43.5 Å². The molecule has 81 heavy (non-hydrogen) atoms. The summed E-state index contributed by atoms with van der Waals surface area (Å²) in [6.07, 6.45) is 7.67. The molecule has 0 spiro atoms. The molecule has 0 aliphatic carbocycles. The van der Waals surface area contributed by atoms with E-state index >= 15 is 0 Å². The maximum absolute atomic E-state index is 14.4. The highest BCUT2D eigenvalue weighted by molar-refractivity contribution is 5.96. The van der Waals surface area contributed by atoms with Crippen LogP contribution in [0.4, 0.5) is 5.69 Å². The number of rotatable bonds is 31. The Balaban J connectivity index is 1.29. The number of nitrogens with one attached hydrogen (secondary N) is 10. The zero-order valence-corrected chi connectivity index (χ0v) is 47.4. The molecule has 15 N–H and O–H groups in total. The zero-order chi connectivity index (χ0) is 59.2. The summed E-state index contributed by atoms with van der Waals surface area (Å²) in [6, 6.07) is 7.61. The molecule has 0 saturated carbocycles. The topological polar surface area (TPSA) is 369 Å². The maximum Gasteiger partial charge on any atom is 0.245 e. The van der Waals surface area contributed by atoms with E-state index < -0.39 is 71.7 Å². The van der Waals surface area contributed by atoms with Crippen molar-refractivity contribution in [2.75, 3.05) is 51.2 Å². The number of carbonyl (C=O) groups excluding carboxylic acids is 8. The molecule has 8 amide bonds. The Kier molecular flexibility index (Phi) is 24.8. The van der Waals surface area contributed by atoms with Crippen molar-refractivity contribution in [1.82, 2.24) is 62.0 Å². The Morgan fingerprint density at radius 3 is 2.00 bits per heavy atom. The van der Waals surface area contributed by atoms with E-state index in [-0.39, 0.29) is 74.1 Å². The molecule has 0 radical (unpaired) electrons. The number of guanidine groups is 1. The summed E-state index contributed by atoms with van der Waals surface area (Å²) in [6.45, 7) is 11.3. The van der Waals surface area contributed by atoms with Gasteiger partial charge in [0.2, 0.25) is 47.3 Å². The van der Waals surface area contributed by atoms with Gasteiger partial charge in [-0.05, 0) is 98.9 Å². The van der Waals surface area contributed by atoms with Crippen molar-refractivity contribution >= 4 is 69.8 Å². The highest BCUT2D eigenvalue weighted by Gasteiger charge is 2.35. The number of benzene rings is 2. The fourth-order valence-electron chi connectivity index (χ4n) is 9.64. The number of imidazole rings is 1. The first-order valence-electron chi connectivity index (χ1n) is 27.9. The van der Waals surface area contributed by atoms with E-state index in [1.807, 2.05) is 52.0 Å². The van der Waals surface area contributed by atoms with Gasteiger partial charge in [-0.3, -0.25) is 43.8 Å². The van der Waals surface area contributed by atoms with E-state index in [1.54, 1.807) is 34.0 Å². The normalized spacial score (nSPS) is 15.0. The van der Waals surface area contributed by atoms with E-state index in [0.717, 1.165) is 16.6 Å². The summed E-state index contributed by atoms with van der Waals surface area (Å²) >= 11 is 0. The lowest BCUT2D eigenvalue weighted by Gasteiger charge is -2.38. The largest absolute Gasteiger partial charge is 0.508 e. The number of hydrogen-bond donors (Lipinski definition) is 13. The lowest BCUT2D eigenvalue weighted by atomic mass is 9.97. The van der Waals surface area contributed by atoms with Crippen molar-refractivity contribution in [3.63, 3.8) is 0 Å². The van der Waals surface area contributed by atoms with Crippen LogP contribution in [0, 0.1) is 17.2 Å². The van der Waals surface area contributed by atoms with Crippen molar-refractivity contribution in [2.45, 2.75) is 135 Å². The molecule has 1 fully saturated rings. The highest BCUT2D eigenvalue weighted by atomic mass is 16.3. The van der Waals surface area contributed by atoms with Crippen LogP contribution < -0.4 is 58.9 Å². The number of nitrogens with zero attached hydrogens (tertiary/aromatic N) is 4. The first kappa shape index (κ1) is 63.6. The van der Waals surface area contributed by atoms with Gasteiger partial charge in [0.25, 0.3) is 0 Å². The van der Waals surface area contributed by atoms with Crippen molar-refractivity contribution in [3.8, 4) is 5.75 Å². The molecule has 5 rings (SSSR count). The standard InChI is InChI=1S/C56H84N16O9/c1-7-35(4)49(64-36(5)73)54(80)66-43(11-8-9-20-57)55(81)71-25-23-70(24-26-71)40-15-18-47-38(29-40)19-22-72(47)32-48(75)65-42(12-10-21-62-56(58)59)51(77)69-46(30-39-31-61-33-63-39)53(79)68-45(28-37-13-16-41(74)17-14-37)52(78)67-44(27-34(2)3)50(76)60-6/h13-19,22,29,31,33-35,42-46,49,74H,7-12,20-21,23-28,30,32,57H2,1-6H3,(H,60,76)(H,61,63)(H,64,73)(H,65,75)(H,66,80)(H,67,78)(H,68,79)(H,69,77)(H4,58,59,62)/t35-,42-,43-,44-,45-,46-,49-/m0/s1. The van der Waals surface area contributed by atoms with Gasteiger partial charge < -0.3 is 78.5 Å². The molecule has 25 nitrogen and oxygen atoms in total. The number of amides is 8. The second-order valence-corrected chi connectivity index (χ2v) is 21.1. The second-order valence-electron chi connectivity index (χ2n) is 21.1. The smallest absolute Gasteiger partial charge is 0.245 e. The molecule has 4 aromatic rings. The quantitative estimate of drug-likeness (QED) is 0.0184. The van der Waals surface area contributed by atoms with Gasteiger partial charge in [-0.15, -0.1) is 0 Å². The second kappa shape index (κ2) is 31.5. The third-order valence-corrected chi connectivity index (χ3v) is 14.3. The van der Waals surface area contributed by atoms with E-state index in [1.165, 1.54) is 32.4 Å². The summed E-state index contributed by atoms with van der Waals surface area (Å²) in [5.41, 5.74) is 13.9. The number of phenolic OH excluding ortho intramolecular Hbond substituents is 1. The first-order valence-corrected chi connectivity index (χ1v) is 27.9. The maximum atomic E-state index is 14.4.